The minimum absolute atomic E-state index is 0.221. The summed E-state index contributed by atoms with van der Waals surface area (Å²) in [6.45, 7) is 12.1. The largest absolute Gasteiger partial charge is 0.462 e. The van der Waals surface area contributed by atoms with E-state index >= 15 is 0 Å². The van der Waals surface area contributed by atoms with E-state index in [-0.39, 0.29) is 11.9 Å². The van der Waals surface area contributed by atoms with Crippen LogP contribution in [0, 0.1) is 35.1 Å². The number of aromatic nitrogens is 2. The van der Waals surface area contributed by atoms with Gasteiger partial charge in [-0.25, -0.2) is 9.59 Å². The van der Waals surface area contributed by atoms with Crippen LogP contribution in [0.2, 0.25) is 0 Å². The van der Waals surface area contributed by atoms with Crippen LogP contribution in [0.3, 0.4) is 0 Å². The zero-order chi connectivity index (χ0) is 20.9. The van der Waals surface area contributed by atoms with Gasteiger partial charge in [-0.2, -0.15) is 0 Å². The predicted octanol–water partition coefficient (Wildman–Crippen LogP) is 4.84. The number of hydrogen-bond donors (Lipinski definition) is 1. The molecule has 2 aromatic rings. The van der Waals surface area contributed by atoms with Crippen LogP contribution in [0.25, 0.3) is 0 Å². The molecule has 2 heterocycles. The highest BCUT2D eigenvalue weighted by Crippen LogP contribution is 2.23. The Morgan fingerprint density at radius 2 is 1.41 bits per heavy atom. The first-order chi connectivity index (χ1) is 12.6. The zero-order valence-electron chi connectivity index (χ0n) is 16.8. The molecule has 0 saturated carbocycles. The number of nitrogens with one attached hydrogen (secondary N) is 1. The SMILES string of the molecule is CCOC(=O)c1c(C)[nH]c(I)c1C.CCOC(=O)c1c(C)c(I)n(C)c1C. The summed E-state index contributed by atoms with van der Waals surface area (Å²) in [5.74, 6) is -0.460. The van der Waals surface area contributed by atoms with Gasteiger partial charge in [0.05, 0.1) is 31.7 Å². The summed E-state index contributed by atoms with van der Waals surface area (Å²) in [5.41, 5.74) is 5.19. The van der Waals surface area contributed by atoms with Gasteiger partial charge in [-0.15, -0.1) is 0 Å². The van der Waals surface area contributed by atoms with Crippen LogP contribution in [0.5, 0.6) is 0 Å². The topological polar surface area (TPSA) is 73.3 Å². The first-order valence-corrected chi connectivity index (χ1v) is 10.7. The molecule has 6 nitrogen and oxygen atoms in total. The summed E-state index contributed by atoms with van der Waals surface area (Å²) in [5, 5.41) is 0. The third kappa shape index (κ3) is 5.49. The molecule has 0 aliphatic rings. The van der Waals surface area contributed by atoms with Crippen LogP contribution < -0.4 is 0 Å². The van der Waals surface area contributed by atoms with E-state index in [1.165, 1.54) is 0 Å². The molecule has 27 heavy (non-hydrogen) atoms. The summed E-state index contributed by atoms with van der Waals surface area (Å²) >= 11 is 4.40. The van der Waals surface area contributed by atoms with Gasteiger partial charge in [0.1, 0.15) is 0 Å². The van der Waals surface area contributed by atoms with Crippen molar-refractivity contribution in [3.63, 3.8) is 0 Å². The number of aromatic amines is 1. The van der Waals surface area contributed by atoms with E-state index in [1.54, 1.807) is 6.92 Å². The normalized spacial score (nSPS) is 10.3. The molecule has 0 radical (unpaired) electrons. The molecule has 1 N–H and O–H groups in total. The quantitative estimate of drug-likeness (QED) is 0.403. The van der Waals surface area contributed by atoms with Crippen LogP contribution in [-0.2, 0) is 16.5 Å². The molecule has 0 aliphatic carbocycles. The number of nitrogens with zero attached hydrogens (tertiary/aromatic N) is 1. The fourth-order valence-electron chi connectivity index (χ4n) is 2.67. The Hall–Kier alpha value is -1.04. The summed E-state index contributed by atoms with van der Waals surface area (Å²) in [6, 6.07) is 0. The van der Waals surface area contributed by atoms with Crippen LogP contribution in [0.4, 0.5) is 0 Å². The molecule has 0 bridgehead atoms. The van der Waals surface area contributed by atoms with Gasteiger partial charge in [-0.3, -0.25) is 0 Å². The van der Waals surface area contributed by atoms with E-state index in [9.17, 15) is 9.59 Å². The van der Waals surface area contributed by atoms with E-state index in [2.05, 4.69) is 50.2 Å². The molecular formula is C19H26I2N2O4. The fourth-order valence-corrected chi connectivity index (χ4v) is 3.97. The number of esters is 2. The van der Waals surface area contributed by atoms with Crippen molar-refractivity contribution < 1.29 is 19.1 Å². The van der Waals surface area contributed by atoms with Gasteiger partial charge in [0.25, 0.3) is 0 Å². The summed E-state index contributed by atoms with van der Waals surface area (Å²) in [7, 11) is 1.95. The number of hydrogen-bond acceptors (Lipinski definition) is 4. The summed E-state index contributed by atoms with van der Waals surface area (Å²) < 4.78 is 14.0. The average molecular weight is 600 g/mol. The van der Waals surface area contributed by atoms with Gasteiger partial charge in [-0.1, -0.05) is 0 Å². The molecule has 0 spiro atoms. The molecule has 0 amide bonds. The van der Waals surface area contributed by atoms with Gasteiger partial charge >= 0.3 is 11.9 Å². The minimum atomic E-state index is -0.239. The number of carbonyl (C=O) groups is 2. The van der Waals surface area contributed by atoms with Crippen molar-refractivity contribution in [3.8, 4) is 0 Å². The van der Waals surface area contributed by atoms with Crippen molar-refractivity contribution in [1.82, 2.24) is 9.55 Å². The van der Waals surface area contributed by atoms with Crippen LogP contribution in [0.1, 0.15) is 57.1 Å². The average Bonchev–Trinajstić information content (AvgIpc) is 2.96. The lowest BCUT2D eigenvalue weighted by Crippen LogP contribution is -2.07. The first-order valence-electron chi connectivity index (χ1n) is 8.58. The molecule has 150 valence electrons. The Balaban J connectivity index is 0.000000271. The molecule has 0 aliphatic heterocycles. The van der Waals surface area contributed by atoms with Gasteiger partial charge < -0.3 is 19.0 Å². The van der Waals surface area contributed by atoms with E-state index in [1.807, 2.05) is 46.2 Å². The number of H-pyrrole nitrogens is 1. The molecule has 2 aromatic heterocycles. The molecule has 0 fully saturated rings. The highest BCUT2D eigenvalue weighted by molar-refractivity contribution is 14.1. The second-order valence-electron chi connectivity index (χ2n) is 5.94. The molecular weight excluding hydrogens is 574 g/mol. The molecule has 0 aromatic carbocycles. The smallest absolute Gasteiger partial charge is 0.340 e. The third-order valence-electron chi connectivity index (χ3n) is 4.18. The van der Waals surface area contributed by atoms with Crippen molar-refractivity contribution in [2.75, 3.05) is 13.2 Å². The van der Waals surface area contributed by atoms with E-state index in [4.69, 9.17) is 9.47 Å². The standard InChI is InChI=1S/C10H14INO2.C9H12INO2/c1-5-14-10(13)8-6(2)9(11)12(4)7(8)3;1-4-13-9(12)7-5(2)8(10)11-6(7)3/h5H2,1-4H3;11H,4H2,1-3H3. The molecule has 2 rings (SSSR count). The highest BCUT2D eigenvalue weighted by Gasteiger charge is 2.20. The Morgan fingerprint density at radius 1 is 0.926 bits per heavy atom. The minimum Gasteiger partial charge on any atom is -0.462 e. The maximum absolute atomic E-state index is 11.6. The second kappa shape index (κ2) is 10.5. The Labute approximate surface area is 187 Å². The van der Waals surface area contributed by atoms with Gasteiger partial charge in [0.15, 0.2) is 0 Å². The fraction of sp³-hybridized carbons (Fsp3) is 0.474. The van der Waals surface area contributed by atoms with Crippen LogP contribution in [-0.4, -0.2) is 34.7 Å². The molecule has 8 heteroatoms. The Kier molecular flexibility index (Phi) is 9.32. The molecule has 0 atom stereocenters. The number of carbonyl (C=O) groups excluding carboxylic acids is 2. The number of halogens is 2. The zero-order valence-corrected chi connectivity index (χ0v) is 21.1. The predicted molar refractivity (Wildman–Crippen MR) is 123 cm³/mol. The number of aryl methyl sites for hydroxylation is 1. The lowest BCUT2D eigenvalue weighted by atomic mass is 10.2. The maximum atomic E-state index is 11.6. The Morgan fingerprint density at radius 3 is 1.74 bits per heavy atom. The monoisotopic (exact) mass is 600 g/mol. The second-order valence-corrected chi connectivity index (χ2v) is 8.04. The van der Waals surface area contributed by atoms with E-state index in [0.717, 1.165) is 29.9 Å². The molecule has 0 saturated heterocycles. The van der Waals surface area contributed by atoms with E-state index in [0.29, 0.717) is 24.3 Å². The molecule has 0 unspecified atom stereocenters. The summed E-state index contributed by atoms with van der Waals surface area (Å²) in [4.78, 5) is 26.2. The van der Waals surface area contributed by atoms with Gasteiger partial charge in [0.2, 0.25) is 0 Å². The van der Waals surface area contributed by atoms with Crippen molar-refractivity contribution >= 4 is 57.1 Å². The van der Waals surface area contributed by atoms with Gasteiger partial charge in [0, 0.05) is 18.4 Å². The Bertz CT molecular complexity index is 812. The number of rotatable bonds is 4. The van der Waals surface area contributed by atoms with Crippen molar-refractivity contribution in [2.24, 2.45) is 7.05 Å². The lowest BCUT2D eigenvalue weighted by Gasteiger charge is -2.02. The van der Waals surface area contributed by atoms with Crippen molar-refractivity contribution in [1.29, 1.82) is 0 Å². The third-order valence-corrected chi connectivity index (χ3v) is 6.79. The van der Waals surface area contributed by atoms with Crippen LogP contribution >= 0.6 is 45.2 Å². The van der Waals surface area contributed by atoms with Crippen molar-refractivity contribution in [3.05, 3.63) is 41.0 Å². The lowest BCUT2D eigenvalue weighted by molar-refractivity contribution is 0.0515. The maximum Gasteiger partial charge on any atom is 0.340 e. The summed E-state index contributed by atoms with van der Waals surface area (Å²) in [6.07, 6.45) is 0. The first kappa shape index (κ1) is 24.0. The van der Waals surface area contributed by atoms with Gasteiger partial charge in [-0.05, 0) is 97.9 Å². The van der Waals surface area contributed by atoms with Crippen molar-refractivity contribution in [2.45, 2.75) is 41.5 Å². The van der Waals surface area contributed by atoms with Crippen LogP contribution in [0.15, 0.2) is 0 Å². The number of ether oxygens (including phenoxy) is 2. The highest BCUT2D eigenvalue weighted by atomic mass is 127. The van der Waals surface area contributed by atoms with E-state index < -0.39 is 0 Å².